The topological polar surface area (TPSA) is 83.0 Å². The highest BCUT2D eigenvalue weighted by molar-refractivity contribution is 6.33. The van der Waals surface area contributed by atoms with Gasteiger partial charge in [-0.25, -0.2) is 0 Å². The fourth-order valence-corrected chi connectivity index (χ4v) is 2.59. The molecule has 0 spiro atoms. The van der Waals surface area contributed by atoms with Gasteiger partial charge in [-0.15, -0.1) is 0 Å². The highest BCUT2D eigenvalue weighted by atomic mass is 35.5. The second kappa shape index (κ2) is 7.48. The van der Waals surface area contributed by atoms with Crippen molar-refractivity contribution in [3.63, 3.8) is 0 Å². The van der Waals surface area contributed by atoms with E-state index in [0.717, 1.165) is 11.4 Å². The van der Waals surface area contributed by atoms with Crippen molar-refractivity contribution in [1.29, 1.82) is 0 Å². The summed E-state index contributed by atoms with van der Waals surface area (Å²) < 4.78 is 12.1. The van der Waals surface area contributed by atoms with Crippen LogP contribution in [-0.4, -0.2) is 25.9 Å². The Labute approximate surface area is 149 Å². The summed E-state index contributed by atoms with van der Waals surface area (Å²) in [4.78, 5) is 16.1. The number of benzene rings is 1. The first-order chi connectivity index (χ1) is 12.0. The molecule has 0 unspecified atom stereocenters. The van der Waals surface area contributed by atoms with E-state index < -0.39 is 0 Å². The van der Waals surface area contributed by atoms with Crippen LogP contribution >= 0.6 is 11.6 Å². The van der Waals surface area contributed by atoms with Gasteiger partial charge in [0.2, 0.25) is 5.82 Å². The van der Waals surface area contributed by atoms with E-state index in [1.165, 1.54) is 0 Å². The maximum atomic E-state index is 11.9. The van der Waals surface area contributed by atoms with Crippen molar-refractivity contribution in [2.75, 3.05) is 0 Å². The zero-order valence-electron chi connectivity index (χ0n) is 13.9. The van der Waals surface area contributed by atoms with Gasteiger partial charge in [0.15, 0.2) is 6.61 Å². The van der Waals surface area contributed by atoms with Gasteiger partial charge in [0.25, 0.3) is 5.89 Å². The molecular formula is C17H17ClN4O3. The summed E-state index contributed by atoms with van der Waals surface area (Å²) in [6.45, 7) is 4.27. The van der Waals surface area contributed by atoms with Crippen LogP contribution in [0.1, 0.15) is 23.6 Å². The smallest absolute Gasteiger partial charge is 0.308 e. The zero-order chi connectivity index (χ0) is 17.8. The molecule has 2 heterocycles. The molecular weight excluding hydrogens is 344 g/mol. The van der Waals surface area contributed by atoms with Gasteiger partial charge in [-0.1, -0.05) is 28.9 Å². The average Bonchev–Trinajstić information content (AvgIpc) is 3.17. The van der Waals surface area contributed by atoms with Crippen molar-refractivity contribution in [1.82, 2.24) is 19.9 Å². The number of carbonyl (C=O) groups excluding carboxylic acids is 1. The average molecular weight is 361 g/mol. The van der Waals surface area contributed by atoms with E-state index in [0.29, 0.717) is 23.0 Å². The Morgan fingerprint density at radius 2 is 2.12 bits per heavy atom. The number of nitrogens with zero attached hydrogens (tertiary/aromatic N) is 4. The minimum absolute atomic E-state index is 0.0517. The highest BCUT2D eigenvalue weighted by Crippen LogP contribution is 2.25. The molecule has 0 saturated carbocycles. The normalized spacial score (nSPS) is 10.8. The van der Waals surface area contributed by atoms with Crippen LogP contribution in [0.4, 0.5) is 0 Å². The van der Waals surface area contributed by atoms with Crippen LogP contribution < -0.4 is 0 Å². The van der Waals surface area contributed by atoms with Crippen molar-refractivity contribution in [2.45, 2.75) is 33.4 Å². The summed E-state index contributed by atoms with van der Waals surface area (Å²) in [5.74, 6) is 0.227. The lowest BCUT2D eigenvalue weighted by atomic mass is 10.2. The highest BCUT2D eigenvalue weighted by Gasteiger charge is 2.13. The summed E-state index contributed by atoms with van der Waals surface area (Å²) >= 11 is 6.09. The SMILES string of the molecule is Cc1cc(C)n(CCC(=O)OCc2noc(-c3ccccc3Cl)n2)n1. The molecule has 130 valence electrons. The molecule has 8 heteroatoms. The largest absolute Gasteiger partial charge is 0.457 e. The van der Waals surface area contributed by atoms with Crippen LogP contribution in [0.15, 0.2) is 34.9 Å². The number of hydrogen-bond acceptors (Lipinski definition) is 6. The monoisotopic (exact) mass is 360 g/mol. The predicted octanol–water partition coefficient (Wildman–Crippen LogP) is 3.34. The number of halogens is 1. The molecule has 7 nitrogen and oxygen atoms in total. The van der Waals surface area contributed by atoms with E-state index in [1.54, 1.807) is 16.8 Å². The summed E-state index contributed by atoms with van der Waals surface area (Å²) in [5.41, 5.74) is 2.57. The van der Waals surface area contributed by atoms with Gasteiger partial charge in [0.05, 0.1) is 29.2 Å². The number of esters is 1. The lowest BCUT2D eigenvalue weighted by Crippen LogP contribution is -2.11. The van der Waals surface area contributed by atoms with Crippen molar-refractivity contribution in [3.8, 4) is 11.5 Å². The number of hydrogen-bond donors (Lipinski definition) is 0. The lowest BCUT2D eigenvalue weighted by Gasteiger charge is -2.04. The molecule has 0 atom stereocenters. The minimum atomic E-state index is -0.350. The molecule has 0 aliphatic carbocycles. The summed E-state index contributed by atoms with van der Waals surface area (Å²) in [6.07, 6.45) is 0.219. The third-order valence-electron chi connectivity index (χ3n) is 3.57. The second-order valence-electron chi connectivity index (χ2n) is 5.56. The van der Waals surface area contributed by atoms with Crippen LogP contribution in [0.25, 0.3) is 11.5 Å². The molecule has 0 aliphatic heterocycles. The third-order valence-corrected chi connectivity index (χ3v) is 3.90. The Kier molecular flexibility index (Phi) is 5.14. The van der Waals surface area contributed by atoms with Gasteiger partial charge in [-0.05, 0) is 32.0 Å². The van der Waals surface area contributed by atoms with E-state index in [2.05, 4.69) is 15.2 Å². The van der Waals surface area contributed by atoms with E-state index in [1.807, 2.05) is 32.0 Å². The van der Waals surface area contributed by atoms with Crippen LogP contribution in [0.5, 0.6) is 0 Å². The molecule has 3 rings (SSSR count). The first-order valence-corrected chi connectivity index (χ1v) is 8.15. The molecule has 3 aromatic rings. The van der Waals surface area contributed by atoms with E-state index in [4.69, 9.17) is 20.9 Å². The Balaban J connectivity index is 1.53. The van der Waals surface area contributed by atoms with E-state index in [9.17, 15) is 4.79 Å². The van der Waals surface area contributed by atoms with Crippen molar-refractivity contribution in [2.24, 2.45) is 0 Å². The molecule has 0 bridgehead atoms. The Bertz CT molecular complexity index is 888. The molecule has 0 N–H and O–H groups in total. The van der Waals surface area contributed by atoms with Crippen LogP contribution in [0.3, 0.4) is 0 Å². The number of carbonyl (C=O) groups is 1. The molecule has 25 heavy (non-hydrogen) atoms. The second-order valence-corrected chi connectivity index (χ2v) is 5.96. The number of rotatable bonds is 6. The maximum Gasteiger partial charge on any atom is 0.308 e. The van der Waals surface area contributed by atoms with Gasteiger partial charge in [-0.3, -0.25) is 9.48 Å². The first kappa shape index (κ1) is 17.2. The fourth-order valence-electron chi connectivity index (χ4n) is 2.37. The molecule has 0 fully saturated rings. The molecule has 0 aliphatic rings. The third kappa shape index (κ3) is 4.24. The van der Waals surface area contributed by atoms with Crippen molar-refractivity contribution in [3.05, 3.63) is 52.6 Å². The van der Waals surface area contributed by atoms with Crippen molar-refractivity contribution >= 4 is 17.6 Å². The number of aromatic nitrogens is 4. The van der Waals surface area contributed by atoms with Gasteiger partial charge in [0, 0.05) is 5.69 Å². The Hall–Kier alpha value is -2.67. The van der Waals surface area contributed by atoms with E-state index in [-0.39, 0.29) is 24.8 Å². The first-order valence-electron chi connectivity index (χ1n) is 7.77. The van der Waals surface area contributed by atoms with Gasteiger partial charge < -0.3 is 9.26 Å². The molecule has 0 saturated heterocycles. The number of ether oxygens (including phenoxy) is 1. The zero-order valence-corrected chi connectivity index (χ0v) is 14.7. The molecule has 0 amide bonds. The van der Waals surface area contributed by atoms with Gasteiger partial charge in [-0.2, -0.15) is 10.1 Å². The Morgan fingerprint density at radius 3 is 2.84 bits per heavy atom. The summed E-state index contributed by atoms with van der Waals surface area (Å²) in [5, 5.41) is 8.62. The Morgan fingerprint density at radius 1 is 1.32 bits per heavy atom. The summed E-state index contributed by atoms with van der Waals surface area (Å²) in [6, 6.07) is 9.11. The van der Waals surface area contributed by atoms with Crippen LogP contribution in [0.2, 0.25) is 5.02 Å². The standard InChI is InChI=1S/C17H17ClN4O3/c1-11-9-12(2)22(20-11)8-7-16(23)24-10-15-19-17(25-21-15)13-5-3-4-6-14(13)18/h3-6,9H,7-8,10H2,1-2H3. The van der Waals surface area contributed by atoms with Gasteiger partial charge in [0.1, 0.15) is 0 Å². The number of aryl methyl sites for hydroxylation is 3. The van der Waals surface area contributed by atoms with Crippen molar-refractivity contribution < 1.29 is 14.1 Å². The van der Waals surface area contributed by atoms with Crippen LogP contribution in [-0.2, 0) is 22.7 Å². The fraction of sp³-hybridized carbons (Fsp3) is 0.294. The molecule has 1 aromatic carbocycles. The quantitative estimate of drug-likeness (QED) is 0.627. The minimum Gasteiger partial charge on any atom is -0.457 e. The maximum absolute atomic E-state index is 11.9. The molecule has 2 aromatic heterocycles. The summed E-state index contributed by atoms with van der Waals surface area (Å²) in [7, 11) is 0. The van der Waals surface area contributed by atoms with Crippen LogP contribution in [0, 0.1) is 13.8 Å². The predicted molar refractivity (Wildman–Crippen MR) is 90.9 cm³/mol. The van der Waals surface area contributed by atoms with E-state index >= 15 is 0 Å². The lowest BCUT2D eigenvalue weighted by molar-refractivity contribution is -0.145. The molecule has 0 radical (unpaired) electrons. The van der Waals surface area contributed by atoms with Gasteiger partial charge >= 0.3 is 5.97 Å².